The van der Waals surface area contributed by atoms with Gasteiger partial charge in [-0.1, -0.05) is 6.07 Å². The summed E-state index contributed by atoms with van der Waals surface area (Å²) in [6.07, 6.45) is 1.80. The molecule has 0 amide bonds. The fourth-order valence-electron chi connectivity index (χ4n) is 2.28. The number of hydrogen-bond donors (Lipinski definition) is 0. The number of hydrogen-bond acceptors (Lipinski definition) is 2. The molecule has 0 saturated carbocycles. The first-order valence-electron chi connectivity index (χ1n) is 6.27. The molecule has 3 rings (SSSR count). The van der Waals surface area contributed by atoms with E-state index >= 15 is 0 Å². The highest BCUT2D eigenvalue weighted by molar-refractivity contribution is 9.10. The van der Waals surface area contributed by atoms with Crippen LogP contribution in [0.3, 0.4) is 0 Å². The van der Waals surface area contributed by atoms with Gasteiger partial charge in [0.15, 0.2) is 5.65 Å². The van der Waals surface area contributed by atoms with Crippen LogP contribution in [0.4, 0.5) is 0 Å². The highest BCUT2D eigenvalue weighted by atomic mass is 79.9. The molecule has 5 heteroatoms. The summed E-state index contributed by atoms with van der Waals surface area (Å²) in [4.78, 5) is 9.09. The summed E-state index contributed by atoms with van der Waals surface area (Å²) in [7, 11) is 0. The molecule has 20 heavy (non-hydrogen) atoms. The second-order valence-electron chi connectivity index (χ2n) is 4.75. The van der Waals surface area contributed by atoms with Crippen LogP contribution in [0.25, 0.3) is 16.9 Å². The van der Waals surface area contributed by atoms with Gasteiger partial charge in [0.1, 0.15) is 11.3 Å². The molecule has 0 aliphatic carbocycles. The van der Waals surface area contributed by atoms with Crippen molar-refractivity contribution in [2.75, 3.05) is 0 Å². The van der Waals surface area contributed by atoms with Crippen LogP contribution in [0, 0.1) is 13.8 Å². The molecule has 1 aromatic carbocycles. The van der Waals surface area contributed by atoms with Gasteiger partial charge in [-0.2, -0.15) is 0 Å². The van der Waals surface area contributed by atoms with Gasteiger partial charge in [-0.15, -0.1) is 11.6 Å². The van der Waals surface area contributed by atoms with Gasteiger partial charge in [-0.25, -0.2) is 9.97 Å². The number of nitrogens with zero attached hydrogens (tertiary/aromatic N) is 3. The minimum absolute atomic E-state index is 0.343. The zero-order valence-corrected chi connectivity index (χ0v) is 13.5. The van der Waals surface area contributed by atoms with Gasteiger partial charge in [-0.3, -0.25) is 4.57 Å². The number of pyridine rings is 1. The third kappa shape index (κ3) is 2.13. The molecule has 0 unspecified atom stereocenters. The molecular formula is C15H13BrClN3. The number of aromatic nitrogens is 3. The molecule has 2 heterocycles. The van der Waals surface area contributed by atoms with E-state index in [2.05, 4.69) is 51.0 Å². The number of benzene rings is 1. The van der Waals surface area contributed by atoms with Crippen LogP contribution in [0.1, 0.15) is 17.0 Å². The van der Waals surface area contributed by atoms with Gasteiger partial charge in [0, 0.05) is 10.7 Å². The lowest BCUT2D eigenvalue weighted by Gasteiger charge is -2.10. The van der Waals surface area contributed by atoms with Gasteiger partial charge in [0.25, 0.3) is 0 Å². The number of alkyl halides is 1. The molecule has 0 N–H and O–H groups in total. The van der Waals surface area contributed by atoms with Crippen LogP contribution in [0.5, 0.6) is 0 Å². The smallest absolute Gasteiger partial charge is 0.165 e. The van der Waals surface area contributed by atoms with E-state index in [-0.39, 0.29) is 0 Å². The Morgan fingerprint density at radius 3 is 2.75 bits per heavy atom. The quantitative estimate of drug-likeness (QED) is 0.635. The van der Waals surface area contributed by atoms with E-state index in [1.807, 2.05) is 17.6 Å². The number of halogens is 2. The highest BCUT2D eigenvalue weighted by Crippen LogP contribution is 2.28. The third-order valence-corrected chi connectivity index (χ3v) is 4.16. The predicted molar refractivity (Wildman–Crippen MR) is 85.6 cm³/mol. The van der Waals surface area contributed by atoms with Crippen LogP contribution in [0.2, 0.25) is 0 Å². The molecule has 0 fully saturated rings. The first-order chi connectivity index (χ1) is 9.61. The second kappa shape index (κ2) is 5.19. The Balaban J connectivity index is 2.37. The van der Waals surface area contributed by atoms with Crippen molar-refractivity contribution in [1.82, 2.24) is 14.5 Å². The largest absolute Gasteiger partial charge is 0.279 e. The van der Waals surface area contributed by atoms with E-state index < -0.39 is 0 Å². The van der Waals surface area contributed by atoms with Crippen molar-refractivity contribution in [2.45, 2.75) is 19.7 Å². The monoisotopic (exact) mass is 349 g/mol. The van der Waals surface area contributed by atoms with Crippen molar-refractivity contribution in [3.63, 3.8) is 0 Å². The number of rotatable bonds is 2. The van der Waals surface area contributed by atoms with Crippen LogP contribution in [-0.2, 0) is 5.88 Å². The fourth-order valence-corrected chi connectivity index (χ4v) is 3.13. The van der Waals surface area contributed by atoms with Gasteiger partial charge >= 0.3 is 0 Å². The van der Waals surface area contributed by atoms with Gasteiger partial charge in [0.05, 0.1) is 11.6 Å². The minimum Gasteiger partial charge on any atom is -0.279 e. The van der Waals surface area contributed by atoms with Crippen LogP contribution < -0.4 is 0 Å². The van der Waals surface area contributed by atoms with E-state index in [0.29, 0.717) is 5.88 Å². The summed E-state index contributed by atoms with van der Waals surface area (Å²) in [5, 5.41) is 0. The Hall–Kier alpha value is -1.39. The molecule has 2 aromatic heterocycles. The molecule has 0 aliphatic rings. The second-order valence-corrected chi connectivity index (χ2v) is 5.87. The number of imidazole rings is 1. The van der Waals surface area contributed by atoms with Gasteiger partial charge < -0.3 is 0 Å². The Bertz CT molecular complexity index is 795. The molecule has 0 bridgehead atoms. The molecule has 3 aromatic rings. The Labute approximate surface area is 130 Å². The lowest BCUT2D eigenvalue weighted by atomic mass is 10.2. The Morgan fingerprint density at radius 1 is 1.25 bits per heavy atom. The van der Waals surface area contributed by atoms with E-state index in [9.17, 15) is 0 Å². The van der Waals surface area contributed by atoms with Crippen molar-refractivity contribution in [1.29, 1.82) is 0 Å². The van der Waals surface area contributed by atoms with E-state index in [1.54, 1.807) is 6.20 Å². The minimum atomic E-state index is 0.343. The average molecular weight is 351 g/mol. The average Bonchev–Trinajstić information content (AvgIpc) is 2.79. The molecule has 3 nitrogen and oxygen atoms in total. The predicted octanol–water partition coefficient (Wildman–Crippen LogP) is 4.54. The lowest BCUT2D eigenvalue weighted by Crippen LogP contribution is -2.01. The summed E-state index contributed by atoms with van der Waals surface area (Å²) in [6.45, 7) is 4.09. The number of fused-ring (bicyclic) bond motifs is 1. The standard InChI is InChI=1S/C15H13BrClN3/c1-9-3-4-12(11(16)7-9)20-13(8-17)19-14-10(2)5-6-18-15(14)20/h3-7H,8H2,1-2H3. The molecule has 0 spiro atoms. The maximum atomic E-state index is 6.06. The van der Waals surface area contributed by atoms with E-state index in [4.69, 9.17) is 11.6 Å². The SMILES string of the molecule is Cc1ccc(-n2c(CCl)nc3c(C)ccnc32)c(Br)c1. The van der Waals surface area contributed by atoms with E-state index in [0.717, 1.165) is 32.7 Å². The molecule has 0 saturated heterocycles. The normalized spacial score (nSPS) is 11.2. The van der Waals surface area contributed by atoms with Crippen molar-refractivity contribution < 1.29 is 0 Å². The Morgan fingerprint density at radius 2 is 2.05 bits per heavy atom. The summed E-state index contributed by atoms with van der Waals surface area (Å²) in [5.41, 5.74) is 5.04. The van der Waals surface area contributed by atoms with Crippen LogP contribution in [-0.4, -0.2) is 14.5 Å². The molecule has 0 aliphatic heterocycles. The maximum absolute atomic E-state index is 6.06. The molecule has 0 atom stereocenters. The van der Waals surface area contributed by atoms with Crippen molar-refractivity contribution >= 4 is 38.7 Å². The maximum Gasteiger partial charge on any atom is 0.165 e. The fraction of sp³-hybridized carbons (Fsp3) is 0.200. The summed E-state index contributed by atoms with van der Waals surface area (Å²) >= 11 is 9.68. The molecule has 102 valence electrons. The van der Waals surface area contributed by atoms with Gasteiger partial charge in [-0.05, 0) is 59.1 Å². The first-order valence-corrected chi connectivity index (χ1v) is 7.60. The number of aryl methyl sites for hydroxylation is 2. The molecular weight excluding hydrogens is 338 g/mol. The zero-order valence-electron chi connectivity index (χ0n) is 11.2. The molecule has 0 radical (unpaired) electrons. The zero-order chi connectivity index (χ0) is 14.3. The van der Waals surface area contributed by atoms with Gasteiger partial charge in [0.2, 0.25) is 0 Å². The Kier molecular flexibility index (Phi) is 3.52. The topological polar surface area (TPSA) is 30.7 Å². The summed E-state index contributed by atoms with van der Waals surface area (Å²) in [5.74, 6) is 1.14. The first kappa shape index (κ1) is 13.6. The third-order valence-electron chi connectivity index (χ3n) is 3.28. The lowest BCUT2D eigenvalue weighted by molar-refractivity contribution is 0.964. The van der Waals surface area contributed by atoms with Crippen LogP contribution >= 0.6 is 27.5 Å². The van der Waals surface area contributed by atoms with Crippen molar-refractivity contribution in [2.24, 2.45) is 0 Å². The summed E-state index contributed by atoms with van der Waals surface area (Å²) in [6, 6.07) is 8.16. The van der Waals surface area contributed by atoms with Crippen LogP contribution in [0.15, 0.2) is 34.9 Å². The van der Waals surface area contributed by atoms with Crippen molar-refractivity contribution in [3.05, 3.63) is 51.9 Å². The van der Waals surface area contributed by atoms with Crippen molar-refractivity contribution in [3.8, 4) is 5.69 Å². The van der Waals surface area contributed by atoms with E-state index in [1.165, 1.54) is 5.56 Å². The summed E-state index contributed by atoms with van der Waals surface area (Å²) < 4.78 is 3.02. The highest BCUT2D eigenvalue weighted by Gasteiger charge is 2.16.